The Hall–Kier alpha value is -0.760. The van der Waals surface area contributed by atoms with E-state index in [2.05, 4.69) is 0 Å². The minimum atomic E-state index is -3.55. The summed E-state index contributed by atoms with van der Waals surface area (Å²) in [5.74, 6) is 1.93. The number of aliphatic hydroxyl groups is 1. The fourth-order valence-corrected chi connectivity index (χ4v) is 4.73. The molecule has 1 aromatic carbocycles. The van der Waals surface area contributed by atoms with E-state index in [1.54, 1.807) is 23.9 Å². The smallest absolute Gasteiger partial charge is 0.246 e. The number of hydrogen-bond donors (Lipinski definition) is 1. The van der Waals surface area contributed by atoms with Crippen molar-refractivity contribution in [3.8, 4) is 5.75 Å². The summed E-state index contributed by atoms with van der Waals surface area (Å²) in [6.45, 7) is 0.835. The fraction of sp³-hybridized carbons (Fsp3) is 0.500. The van der Waals surface area contributed by atoms with Crippen molar-refractivity contribution in [1.29, 1.82) is 0 Å². The highest BCUT2D eigenvalue weighted by Gasteiger charge is 2.29. The fourth-order valence-electron chi connectivity index (χ4n) is 1.95. The second-order valence-corrected chi connectivity index (χ2v) is 7.29. The molecule has 1 aliphatic rings. The highest BCUT2D eigenvalue weighted by Crippen LogP contribution is 2.29. The van der Waals surface area contributed by atoms with Crippen LogP contribution in [0.1, 0.15) is 5.56 Å². The number of hydrogen-bond acceptors (Lipinski definition) is 5. The van der Waals surface area contributed by atoms with E-state index in [0.29, 0.717) is 24.4 Å². The molecule has 0 saturated carbocycles. The molecule has 1 N–H and O–H groups in total. The highest BCUT2D eigenvalue weighted by atomic mass is 32.2. The number of aliphatic hydroxyl groups excluding tert-OH is 1. The highest BCUT2D eigenvalue weighted by molar-refractivity contribution is 7.99. The van der Waals surface area contributed by atoms with Crippen LogP contribution in [0.4, 0.5) is 0 Å². The van der Waals surface area contributed by atoms with Crippen molar-refractivity contribution in [2.75, 3.05) is 31.7 Å². The Morgan fingerprint density at radius 1 is 1.37 bits per heavy atom. The SMILES string of the molecule is COc1ccc(CO)cc1S(=O)(=O)N1CCSCC1. The van der Waals surface area contributed by atoms with Crippen molar-refractivity contribution in [2.24, 2.45) is 0 Å². The van der Waals surface area contributed by atoms with Crippen molar-refractivity contribution in [1.82, 2.24) is 4.31 Å². The van der Waals surface area contributed by atoms with Crippen LogP contribution in [-0.4, -0.2) is 49.5 Å². The molecule has 0 unspecified atom stereocenters. The molecular formula is C12H17NO4S2. The molecule has 1 heterocycles. The molecule has 1 aliphatic heterocycles. The Kier molecular flexibility index (Phi) is 4.72. The molecule has 1 fully saturated rings. The standard InChI is InChI=1S/C12H17NO4S2/c1-17-11-3-2-10(9-14)8-12(11)19(15,16)13-4-6-18-7-5-13/h2-3,8,14H,4-7,9H2,1H3. The van der Waals surface area contributed by atoms with Gasteiger partial charge in [0.1, 0.15) is 10.6 Å². The largest absolute Gasteiger partial charge is 0.495 e. The Balaban J connectivity index is 2.43. The molecule has 0 aliphatic carbocycles. The molecule has 7 heteroatoms. The van der Waals surface area contributed by atoms with Crippen LogP contribution < -0.4 is 4.74 Å². The third-order valence-electron chi connectivity index (χ3n) is 3.00. The van der Waals surface area contributed by atoms with E-state index in [1.165, 1.54) is 17.5 Å². The minimum absolute atomic E-state index is 0.133. The summed E-state index contributed by atoms with van der Waals surface area (Å²) in [6.07, 6.45) is 0. The maximum absolute atomic E-state index is 12.6. The first kappa shape index (κ1) is 14.6. The van der Waals surface area contributed by atoms with Crippen molar-refractivity contribution >= 4 is 21.8 Å². The van der Waals surface area contributed by atoms with Gasteiger partial charge in [0.25, 0.3) is 0 Å². The molecule has 0 bridgehead atoms. The van der Waals surface area contributed by atoms with E-state index in [4.69, 9.17) is 9.84 Å². The maximum atomic E-state index is 12.6. The number of methoxy groups -OCH3 is 1. The van der Waals surface area contributed by atoms with Crippen LogP contribution >= 0.6 is 11.8 Å². The summed E-state index contributed by atoms with van der Waals surface area (Å²) >= 11 is 1.75. The average Bonchev–Trinajstić information content (AvgIpc) is 2.47. The predicted molar refractivity (Wildman–Crippen MR) is 75.0 cm³/mol. The van der Waals surface area contributed by atoms with Gasteiger partial charge in [0.15, 0.2) is 0 Å². The number of sulfonamides is 1. The molecule has 2 rings (SSSR count). The molecule has 0 spiro atoms. The van der Waals surface area contributed by atoms with Gasteiger partial charge in [-0.25, -0.2) is 8.42 Å². The van der Waals surface area contributed by atoms with Crippen molar-refractivity contribution in [3.63, 3.8) is 0 Å². The van der Waals surface area contributed by atoms with Gasteiger partial charge >= 0.3 is 0 Å². The molecular weight excluding hydrogens is 286 g/mol. The van der Waals surface area contributed by atoms with Gasteiger partial charge in [-0.1, -0.05) is 6.07 Å². The quantitative estimate of drug-likeness (QED) is 0.896. The molecule has 1 aromatic rings. The predicted octanol–water partition coefficient (Wildman–Crippen LogP) is 0.925. The lowest BCUT2D eigenvalue weighted by molar-refractivity contribution is 0.281. The van der Waals surface area contributed by atoms with Gasteiger partial charge in [-0.2, -0.15) is 16.1 Å². The van der Waals surface area contributed by atoms with Gasteiger partial charge < -0.3 is 9.84 Å². The summed E-state index contributed by atoms with van der Waals surface area (Å²) in [5.41, 5.74) is 0.561. The van der Waals surface area contributed by atoms with Gasteiger partial charge in [-0.15, -0.1) is 0 Å². The molecule has 0 radical (unpaired) electrons. The molecule has 0 aromatic heterocycles. The van der Waals surface area contributed by atoms with E-state index < -0.39 is 10.0 Å². The monoisotopic (exact) mass is 303 g/mol. The zero-order valence-electron chi connectivity index (χ0n) is 10.7. The molecule has 0 atom stereocenters. The first-order valence-corrected chi connectivity index (χ1v) is 8.54. The number of rotatable bonds is 4. The molecule has 5 nitrogen and oxygen atoms in total. The summed E-state index contributed by atoms with van der Waals surface area (Å²) in [6, 6.07) is 4.72. The van der Waals surface area contributed by atoms with Crippen LogP contribution in [0.2, 0.25) is 0 Å². The van der Waals surface area contributed by atoms with Crippen LogP contribution in [0.15, 0.2) is 23.1 Å². The topological polar surface area (TPSA) is 66.8 Å². The molecule has 106 valence electrons. The second kappa shape index (κ2) is 6.13. The lowest BCUT2D eigenvalue weighted by Crippen LogP contribution is -2.38. The summed E-state index contributed by atoms with van der Waals surface area (Å²) < 4.78 is 31.8. The maximum Gasteiger partial charge on any atom is 0.246 e. The number of ether oxygens (including phenoxy) is 1. The normalized spacial score (nSPS) is 17.4. The molecule has 0 amide bonds. The van der Waals surface area contributed by atoms with E-state index in [-0.39, 0.29) is 11.5 Å². The van der Waals surface area contributed by atoms with E-state index in [1.807, 2.05) is 0 Å². The molecule has 19 heavy (non-hydrogen) atoms. The van der Waals surface area contributed by atoms with Crippen LogP contribution in [0.25, 0.3) is 0 Å². The van der Waals surface area contributed by atoms with E-state index >= 15 is 0 Å². The lowest BCUT2D eigenvalue weighted by atomic mass is 10.2. The van der Waals surface area contributed by atoms with Gasteiger partial charge in [0.05, 0.1) is 13.7 Å². The Bertz CT molecular complexity index is 539. The average molecular weight is 303 g/mol. The number of benzene rings is 1. The van der Waals surface area contributed by atoms with E-state index in [9.17, 15) is 8.42 Å². The van der Waals surface area contributed by atoms with Crippen molar-refractivity contribution in [2.45, 2.75) is 11.5 Å². The van der Waals surface area contributed by atoms with Crippen LogP contribution in [0, 0.1) is 0 Å². The van der Waals surface area contributed by atoms with Gasteiger partial charge in [0, 0.05) is 24.6 Å². The first-order valence-electron chi connectivity index (χ1n) is 5.95. The van der Waals surface area contributed by atoms with E-state index in [0.717, 1.165) is 11.5 Å². The Morgan fingerprint density at radius 2 is 2.05 bits per heavy atom. The van der Waals surface area contributed by atoms with Gasteiger partial charge in [-0.05, 0) is 17.7 Å². The summed E-state index contributed by atoms with van der Waals surface area (Å²) in [5, 5.41) is 9.15. The first-order chi connectivity index (χ1) is 9.09. The van der Waals surface area contributed by atoms with Gasteiger partial charge in [-0.3, -0.25) is 0 Å². The third-order valence-corrected chi connectivity index (χ3v) is 5.86. The van der Waals surface area contributed by atoms with Gasteiger partial charge in [0.2, 0.25) is 10.0 Å². The van der Waals surface area contributed by atoms with Crippen molar-refractivity contribution < 1.29 is 18.3 Å². The van der Waals surface area contributed by atoms with Crippen LogP contribution in [0.3, 0.4) is 0 Å². The summed E-state index contributed by atoms with van der Waals surface area (Å²) in [4.78, 5) is 0.133. The minimum Gasteiger partial charge on any atom is -0.495 e. The Morgan fingerprint density at radius 3 is 2.63 bits per heavy atom. The third kappa shape index (κ3) is 3.05. The zero-order chi connectivity index (χ0) is 13.9. The molecule has 1 saturated heterocycles. The number of thioether (sulfide) groups is 1. The van der Waals surface area contributed by atoms with Crippen LogP contribution in [-0.2, 0) is 16.6 Å². The second-order valence-electron chi connectivity index (χ2n) is 4.16. The van der Waals surface area contributed by atoms with Crippen LogP contribution in [0.5, 0.6) is 5.75 Å². The summed E-state index contributed by atoms with van der Waals surface area (Å²) in [7, 11) is -2.11. The number of nitrogens with zero attached hydrogens (tertiary/aromatic N) is 1. The lowest BCUT2D eigenvalue weighted by Gasteiger charge is -2.26. The Labute approximate surface area is 117 Å². The zero-order valence-corrected chi connectivity index (χ0v) is 12.3. The van der Waals surface area contributed by atoms with Crippen molar-refractivity contribution in [3.05, 3.63) is 23.8 Å².